The molecule has 8 heteroatoms. The molecule has 20 heavy (non-hydrogen) atoms. The smallest absolute Gasteiger partial charge is 0.299 e. The first-order chi connectivity index (χ1) is 9.49. The molecule has 1 aromatic rings. The molecule has 108 valence electrons. The lowest BCUT2D eigenvalue weighted by molar-refractivity contribution is 0.573. The molecule has 2 rings (SSSR count). The highest BCUT2D eigenvalue weighted by atomic mass is 32.2. The van der Waals surface area contributed by atoms with Gasteiger partial charge < -0.3 is 0 Å². The average Bonchev–Trinajstić information content (AvgIpc) is 2.42. The van der Waals surface area contributed by atoms with E-state index in [1.807, 2.05) is 0 Å². The molecule has 1 aliphatic rings. The molecule has 2 N–H and O–H groups in total. The summed E-state index contributed by atoms with van der Waals surface area (Å²) in [5.74, 6) is 0. The molecule has 0 aromatic carbocycles. The van der Waals surface area contributed by atoms with Gasteiger partial charge in [-0.2, -0.15) is 0 Å². The molecule has 7 nitrogen and oxygen atoms in total. The van der Waals surface area contributed by atoms with Crippen LogP contribution < -0.4 is 16.0 Å². The summed E-state index contributed by atoms with van der Waals surface area (Å²) in [4.78, 5) is 24.6. The van der Waals surface area contributed by atoms with Crippen LogP contribution in [0.25, 0.3) is 0 Å². The van der Waals surface area contributed by atoms with Crippen molar-refractivity contribution in [3.63, 3.8) is 0 Å². The quantitative estimate of drug-likeness (QED) is 0.778. The Balaban J connectivity index is 1.99. The Labute approximate surface area is 115 Å². The van der Waals surface area contributed by atoms with Crippen LogP contribution in [0.15, 0.2) is 45.0 Å². The van der Waals surface area contributed by atoms with Crippen LogP contribution in [0, 0.1) is 0 Å². The topological polar surface area (TPSA) is 101 Å². The van der Waals surface area contributed by atoms with E-state index in [1.54, 1.807) is 18.2 Å². The summed E-state index contributed by atoms with van der Waals surface area (Å²) in [6.07, 6.45) is 7.90. The van der Waals surface area contributed by atoms with Crippen LogP contribution in [-0.2, 0) is 16.6 Å². The van der Waals surface area contributed by atoms with Crippen LogP contribution in [0.2, 0.25) is 0 Å². The first-order valence-corrected chi connectivity index (χ1v) is 7.63. The van der Waals surface area contributed by atoms with Crippen LogP contribution in [-0.4, -0.2) is 24.5 Å². The van der Waals surface area contributed by atoms with Crippen LogP contribution >= 0.6 is 0 Å². The number of hydrogen-bond donors (Lipinski definition) is 2. The zero-order valence-corrected chi connectivity index (χ0v) is 11.5. The molecule has 1 aromatic heterocycles. The minimum absolute atomic E-state index is 0.0689. The number of rotatable bonds is 5. The summed E-state index contributed by atoms with van der Waals surface area (Å²) < 4.78 is 27.5. The predicted molar refractivity (Wildman–Crippen MR) is 74.7 cm³/mol. The molecule has 0 saturated carbocycles. The third-order valence-electron chi connectivity index (χ3n) is 2.81. The summed E-state index contributed by atoms with van der Waals surface area (Å²) in [6, 6.07) is 1.21. The molecule has 0 aliphatic heterocycles. The first-order valence-electron chi connectivity index (χ1n) is 6.15. The standard InChI is InChI=1S/C12H15N3O4S/c16-11-6-8-15(12(17)14-11)9-7-13-20(18,19)10-4-2-1-3-5-10/h2,4-6,8,13H,1,3,7,9H2,(H,14,16,17). The van der Waals surface area contributed by atoms with Gasteiger partial charge in [0.25, 0.3) is 5.56 Å². The lowest BCUT2D eigenvalue weighted by Crippen LogP contribution is -2.34. The van der Waals surface area contributed by atoms with Crippen molar-refractivity contribution < 1.29 is 8.42 Å². The average molecular weight is 297 g/mol. The molecule has 0 atom stereocenters. The second-order valence-electron chi connectivity index (χ2n) is 4.29. The molecule has 0 radical (unpaired) electrons. The number of aromatic amines is 1. The number of nitrogens with one attached hydrogen (secondary N) is 2. The maximum absolute atomic E-state index is 11.9. The van der Waals surface area contributed by atoms with Crippen molar-refractivity contribution in [1.82, 2.24) is 14.3 Å². The molecule has 1 aliphatic carbocycles. The zero-order chi connectivity index (χ0) is 14.6. The fourth-order valence-electron chi connectivity index (χ4n) is 1.79. The number of hydrogen-bond acceptors (Lipinski definition) is 4. The number of sulfonamides is 1. The Bertz CT molecular complexity index is 755. The fourth-order valence-corrected chi connectivity index (χ4v) is 2.93. The lowest BCUT2D eigenvalue weighted by Gasteiger charge is -2.10. The van der Waals surface area contributed by atoms with E-state index < -0.39 is 21.3 Å². The van der Waals surface area contributed by atoms with E-state index in [-0.39, 0.29) is 18.0 Å². The summed E-state index contributed by atoms with van der Waals surface area (Å²) in [5, 5.41) is 0. The molecule has 0 amide bonds. The highest BCUT2D eigenvalue weighted by molar-refractivity contribution is 7.93. The third kappa shape index (κ3) is 3.55. The number of nitrogens with zero attached hydrogens (tertiary/aromatic N) is 1. The van der Waals surface area contributed by atoms with Gasteiger partial charge in [-0.15, -0.1) is 0 Å². The molecule has 0 saturated heterocycles. The van der Waals surface area contributed by atoms with Crippen molar-refractivity contribution >= 4 is 10.0 Å². The Morgan fingerprint density at radius 2 is 2.10 bits per heavy atom. The van der Waals surface area contributed by atoms with Crippen molar-refractivity contribution in [2.45, 2.75) is 19.4 Å². The van der Waals surface area contributed by atoms with Crippen LogP contribution in [0.1, 0.15) is 12.8 Å². The second-order valence-corrected chi connectivity index (χ2v) is 6.05. The number of allylic oxidation sites excluding steroid dienone is 3. The minimum atomic E-state index is -3.54. The number of aromatic nitrogens is 2. The molecular weight excluding hydrogens is 282 g/mol. The van der Waals surface area contributed by atoms with Gasteiger partial charge in [0.05, 0.1) is 4.91 Å². The van der Waals surface area contributed by atoms with Crippen molar-refractivity contribution in [1.29, 1.82) is 0 Å². The van der Waals surface area contributed by atoms with Gasteiger partial charge in [0.2, 0.25) is 10.0 Å². The van der Waals surface area contributed by atoms with Gasteiger partial charge >= 0.3 is 5.69 Å². The summed E-state index contributed by atoms with van der Waals surface area (Å²) in [7, 11) is -3.54. The van der Waals surface area contributed by atoms with Crippen molar-refractivity contribution in [2.24, 2.45) is 0 Å². The van der Waals surface area contributed by atoms with Gasteiger partial charge in [-0.05, 0) is 18.9 Å². The Morgan fingerprint density at radius 1 is 1.30 bits per heavy atom. The lowest BCUT2D eigenvalue weighted by atomic mass is 10.2. The Morgan fingerprint density at radius 3 is 2.75 bits per heavy atom. The highest BCUT2D eigenvalue weighted by Crippen LogP contribution is 2.14. The molecule has 0 bridgehead atoms. The monoisotopic (exact) mass is 297 g/mol. The Kier molecular flexibility index (Phi) is 4.35. The van der Waals surface area contributed by atoms with Gasteiger partial charge in [0, 0.05) is 25.4 Å². The zero-order valence-electron chi connectivity index (χ0n) is 10.7. The molecular formula is C12H15N3O4S. The summed E-state index contributed by atoms with van der Waals surface area (Å²) >= 11 is 0. The molecule has 0 unspecified atom stereocenters. The normalized spacial score (nSPS) is 15.1. The van der Waals surface area contributed by atoms with E-state index in [2.05, 4.69) is 9.71 Å². The minimum Gasteiger partial charge on any atom is -0.299 e. The van der Waals surface area contributed by atoms with Crippen LogP contribution in [0.3, 0.4) is 0 Å². The van der Waals surface area contributed by atoms with Gasteiger partial charge in [0.15, 0.2) is 0 Å². The SMILES string of the molecule is O=c1ccn(CCNS(=O)(=O)C2=CCCC=C2)c(=O)[nH]1. The van der Waals surface area contributed by atoms with Gasteiger partial charge in [0.1, 0.15) is 0 Å². The largest absolute Gasteiger partial charge is 0.328 e. The van der Waals surface area contributed by atoms with E-state index in [4.69, 9.17) is 0 Å². The second kappa shape index (κ2) is 6.02. The van der Waals surface area contributed by atoms with Gasteiger partial charge in [-0.1, -0.05) is 12.2 Å². The van der Waals surface area contributed by atoms with E-state index in [0.29, 0.717) is 6.42 Å². The molecule has 1 heterocycles. The first kappa shape index (κ1) is 14.5. The maximum atomic E-state index is 11.9. The van der Waals surface area contributed by atoms with Gasteiger partial charge in [-0.3, -0.25) is 14.3 Å². The third-order valence-corrected chi connectivity index (χ3v) is 4.32. The van der Waals surface area contributed by atoms with Crippen molar-refractivity contribution in [3.05, 3.63) is 56.2 Å². The van der Waals surface area contributed by atoms with E-state index in [1.165, 1.54) is 16.8 Å². The van der Waals surface area contributed by atoms with Crippen LogP contribution in [0.4, 0.5) is 0 Å². The molecule has 0 spiro atoms. The summed E-state index contributed by atoms with van der Waals surface area (Å²) in [6.45, 7) is 0.214. The highest BCUT2D eigenvalue weighted by Gasteiger charge is 2.15. The predicted octanol–water partition coefficient (Wildman–Crippen LogP) is -0.310. The van der Waals surface area contributed by atoms with E-state index in [0.717, 1.165) is 6.42 Å². The molecule has 0 fully saturated rings. The summed E-state index contributed by atoms with van der Waals surface area (Å²) in [5.41, 5.74) is -1.04. The Hall–Kier alpha value is -1.93. The van der Waals surface area contributed by atoms with E-state index in [9.17, 15) is 18.0 Å². The van der Waals surface area contributed by atoms with Crippen molar-refractivity contribution in [2.75, 3.05) is 6.54 Å². The van der Waals surface area contributed by atoms with Crippen LogP contribution in [0.5, 0.6) is 0 Å². The number of H-pyrrole nitrogens is 1. The van der Waals surface area contributed by atoms with Gasteiger partial charge in [-0.25, -0.2) is 17.9 Å². The maximum Gasteiger partial charge on any atom is 0.328 e. The fraction of sp³-hybridized carbons (Fsp3) is 0.333. The van der Waals surface area contributed by atoms with Crippen molar-refractivity contribution in [3.8, 4) is 0 Å². The van der Waals surface area contributed by atoms with E-state index >= 15 is 0 Å².